The molecule has 2 aliphatic rings. The average Bonchev–Trinajstić information content (AvgIpc) is 3.72. The SMILES string of the molecule is CCc1ccc(C2=CC=C(c3ccc(-c4ccc(C5C#CCC(c6ccc(CC)s6)S5)s4)s3)C2)s1. The van der Waals surface area contributed by atoms with Crippen LogP contribution in [0.3, 0.4) is 0 Å². The molecule has 4 aromatic rings. The summed E-state index contributed by atoms with van der Waals surface area (Å²) >= 11 is 9.77. The van der Waals surface area contributed by atoms with Crippen molar-refractivity contribution < 1.29 is 0 Å². The van der Waals surface area contributed by atoms with E-state index in [0.717, 1.165) is 25.7 Å². The fourth-order valence-electron chi connectivity index (χ4n) is 4.43. The van der Waals surface area contributed by atoms with Gasteiger partial charge in [0.1, 0.15) is 5.25 Å². The molecule has 0 bridgehead atoms. The summed E-state index contributed by atoms with van der Waals surface area (Å²) in [6.45, 7) is 4.47. The Labute approximate surface area is 228 Å². The first-order valence-electron chi connectivity index (χ1n) is 12.1. The topological polar surface area (TPSA) is 0 Å². The van der Waals surface area contributed by atoms with Crippen LogP contribution in [0, 0.1) is 11.8 Å². The van der Waals surface area contributed by atoms with E-state index in [2.05, 4.69) is 86.4 Å². The lowest BCUT2D eigenvalue weighted by Gasteiger charge is -2.20. The molecule has 2 atom stereocenters. The Bertz CT molecular complexity index is 1470. The molecule has 176 valence electrons. The lowest BCUT2D eigenvalue weighted by atomic mass is 10.1. The summed E-state index contributed by atoms with van der Waals surface area (Å²) in [5.74, 6) is 6.97. The number of hydrogen-bond acceptors (Lipinski definition) is 5. The summed E-state index contributed by atoms with van der Waals surface area (Å²) in [6.07, 6.45) is 8.88. The average molecular weight is 547 g/mol. The highest BCUT2D eigenvalue weighted by atomic mass is 32.2. The van der Waals surface area contributed by atoms with Crippen molar-refractivity contribution in [2.75, 3.05) is 0 Å². The fraction of sp³-hybridized carbons (Fsp3) is 0.267. The molecule has 6 rings (SSSR count). The Morgan fingerprint density at radius 3 is 2.09 bits per heavy atom. The summed E-state index contributed by atoms with van der Waals surface area (Å²) in [5.41, 5.74) is 2.90. The lowest BCUT2D eigenvalue weighted by Crippen LogP contribution is -2.00. The summed E-state index contributed by atoms with van der Waals surface area (Å²) in [6, 6.07) is 18.4. The van der Waals surface area contributed by atoms with Gasteiger partial charge in [-0.2, -0.15) is 0 Å². The van der Waals surface area contributed by atoms with Gasteiger partial charge in [-0.15, -0.1) is 63.0 Å². The predicted octanol–water partition coefficient (Wildman–Crippen LogP) is 10.5. The molecule has 5 heteroatoms. The van der Waals surface area contributed by atoms with Crippen molar-refractivity contribution in [3.05, 3.63) is 89.9 Å². The molecule has 35 heavy (non-hydrogen) atoms. The van der Waals surface area contributed by atoms with Crippen LogP contribution in [0.4, 0.5) is 0 Å². The number of thioether (sulfide) groups is 1. The number of thiophene rings is 4. The molecule has 0 radical (unpaired) electrons. The van der Waals surface area contributed by atoms with Crippen molar-refractivity contribution in [3.63, 3.8) is 0 Å². The highest BCUT2D eigenvalue weighted by Crippen LogP contribution is 2.49. The molecule has 2 unspecified atom stereocenters. The zero-order valence-electron chi connectivity index (χ0n) is 19.8. The Morgan fingerprint density at radius 1 is 0.686 bits per heavy atom. The highest BCUT2D eigenvalue weighted by molar-refractivity contribution is 8.00. The fourth-order valence-corrected chi connectivity index (χ4v) is 10.1. The first-order chi connectivity index (χ1) is 17.2. The highest BCUT2D eigenvalue weighted by Gasteiger charge is 2.24. The van der Waals surface area contributed by atoms with Crippen molar-refractivity contribution in [3.8, 4) is 21.6 Å². The van der Waals surface area contributed by atoms with Gasteiger partial charge in [0.2, 0.25) is 0 Å². The third-order valence-electron chi connectivity index (χ3n) is 6.41. The van der Waals surface area contributed by atoms with Gasteiger partial charge >= 0.3 is 0 Å². The second kappa shape index (κ2) is 10.3. The Balaban J connectivity index is 1.14. The standard InChI is InChI=1S/C30H26S5/c1-3-21-10-12-23(31-21)19-8-9-20(18-19)24-14-15-29(33-24)30-17-16-28(35-30)26-7-5-6-25(34-26)27-13-11-22(4-2)32-27/h8-17,25-26H,3-4,6,18H2,1-2H3. The second-order valence-corrected chi connectivity index (χ2v) is 14.6. The van der Waals surface area contributed by atoms with Crippen LogP contribution in [0.2, 0.25) is 0 Å². The maximum atomic E-state index is 3.51. The van der Waals surface area contributed by atoms with E-state index in [1.54, 1.807) is 0 Å². The van der Waals surface area contributed by atoms with E-state index in [9.17, 15) is 0 Å². The molecule has 4 aromatic heterocycles. The molecule has 0 nitrogen and oxygen atoms in total. The molecule has 0 saturated heterocycles. The molecule has 5 heterocycles. The summed E-state index contributed by atoms with van der Waals surface area (Å²) in [4.78, 5) is 11.4. The van der Waals surface area contributed by atoms with Crippen molar-refractivity contribution in [1.82, 2.24) is 0 Å². The number of allylic oxidation sites excluding steroid dienone is 4. The molecule has 1 aliphatic carbocycles. The van der Waals surface area contributed by atoms with Gasteiger partial charge in [0.05, 0.1) is 5.25 Å². The molecule has 0 fully saturated rings. The molecule has 0 N–H and O–H groups in total. The maximum Gasteiger partial charge on any atom is 0.100 e. The van der Waals surface area contributed by atoms with Crippen LogP contribution in [0.15, 0.2) is 60.7 Å². The van der Waals surface area contributed by atoms with E-state index in [-0.39, 0.29) is 5.25 Å². The van der Waals surface area contributed by atoms with Gasteiger partial charge in [-0.05, 0) is 72.5 Å². The van der Waals surface area contributed by atoms with Crippen molar-refractivity contribution in [2.45, 2.75) is 50.0 Å². The van der Waals surface area contributed by atoms with Gasteiger partial charge in [0, 0.05) is 51.9 Å². The van der Waals surface area contributed by atoms with E-state index >= 15 is 0 Å². The Kier molecular flexibility index (Phi) is 6.93. The zero-order valence-corrected chi connectivity index (χ0v) is 23.9. The number of rotatable bonds is 7. The largest absolute Gasteiger partial charge is 0.144 e. The minimum Gasteiger partial charge on any atom is -0.144 e. The molecule has 0 spiro atoms. The Hall–Kier alpha value is -1.81. The third kappa shape index (κ3) is 4.92. The second-order valence-electron chi connectivity index (χ2n) is 8.73. The third-order valence-corrected chi connectivity index (χ3v) is 13.3. The summed E-state index contributed by atoms with van der Waals surface area (Å²) in [5, 5.41) is 0.778. The normalized spacial score (nSPS) is 19.4. The minimum absolute atomic E-state index is 0.280. The van der Waals surface area contributed by atoms with Gasteiger partial charge in [-0.25, -0.2) is 0 Å². The van der Waals surface area contributed by atoms with Gasteiger partial charge < -0.3 is 0 Å². The van der Waals surface area contributed by atoms with Crippen LogP contribution in [0.1, 0.15) is 66.5 Å². The van der Waals surface area contributed by atoms with Crippen molar-refractivity contribution >= 4 is 68.3 Å². The summed E-state index contributed by atoms with van der Waals surface area (Å²) in [7, 11) is 0. The van der Waals surface area contributed by atoms with Gasteiger partial charge in [0.15, 0.2) is 0 Å². The van der Waals surface area contributed by atoms with Crippen LogP contribution in [0.5, 0.6) is 0 Å². The molecule has 1 aliphatic heterocycles. The quantitative estimate of drug-likeness (QED) is 0.208. The monoisotopic (exact) mass is 546 g/mol. The minimum atomic E-state index is 0.280. The Morgan fingerprint density at radius 2 is 1.31 bits per heavy atom. The summed E-state index contributed by atoms with van der Waals surface area (Å²) < 4.78 is 0. The smallest absolute Gasteiger partial charge is 0.100 e. The van der Waals surface area contributed by atoms with Crippen molar-refractivity contribution in [2.24, 2.45) is 0 Å². The van der Waals surface area contributed by atoms with E-state index in [4.69, 9.17) is 0 Å². The van der Waals surface area contributed by atoms with Gasteiger partial charge in [0.25, 0.3) is 0 Å². The number of aryl methyl sites for hydroxylation is 2. The predicted molar refractivity (Wildman–Crippen MR) is 161 cm³/mol. The van der Waals surface area contributed by atoms with Crippen LogP contribution in [-0.2, 0) is 12.8 Å². The van der Waals surface area contributed by atoms with Crippen LogP contribution in [0.25, 0.3) is 20.9 Å². The van der Waals surface area contributed by atoms with Crippen LogP contribution >= 0.6 is 57.1 Å². The van der Waals surface area contributed by atoms with Crippen LogP contribution < -0.4 is 0 Å². The number of hydrogen-bond donors (Lipinski definition) is 0. The molecular formula is C30H26S5. The van der Waals surface area contributed by atoms with Crippen LogP contribution in [-0.4, -0.2) is 0 Å². The first-order valence-corrected chi connectivity index (χ1v) is 16.3. The zero-order chi connectivity index (χ0) is 23.8. The molecule has 0 amide bonds. The molecule has 0 aromatic carbocycles. The molecule has 0 saturated carbocycles. The van der Waals surface area contributed by atoms with Gasteiger partial charge in [-0.3, -0.25) is 0 Å². The van der Waals surface area contributed by atoms with E-state index in [0.29, 0.717) is 5.25 Å². The molecular weight excluding hydrogens is 521 g/mol. The van der Waals surface area contributed by atoms with E-state index < -0.39 is 0 Å². The van der Waals surface area contributed by atoms with E-state index in [1.807, 2.05) is 57.1 Å². The van der Waals surface area contributed by atoms with Crippen molar-refractivity contribution in [1.29, 1.82) is 0 Å². The first kappa shape index (κ1) is 23.6. The lowest BCUT2D eigenvalue weighted by molar-refractivity contribution is 0.998. The van der Waals surface area contributed by atoms with E-state index in [1.165, 1.54) is 50.2 Å². The van der Waals surface area contributed by atoms with Gasteiger partial charge in [-0.1, -0.05) is 31.9 Å². The maximum absolute atomic E-state index is 3.51.